The molecule has 2 aromatic rings. The Kier molecular flexibility index (Phi) is 6.39. The fourth-order valence-corrected chi connectivity index (χ4v) is 2.51. The number of aromatic nitrogens is 1. The van der Waals surface area contributed by atoms with Crippen LogP contribution in [0.15, 0.2) is 42.3 Å². The zero-order valence-corrected chi connectivity index (χ0v) is 14.6. The summed E-state index contributed by atoms with van der Waals surface area (Å²) in [6.07, 6.45) is 0.549. The maximum Gasteiger partial charge on any atom is 0.358 e. The van der Waals surface area contributed by atoms with E-state index >= 15 is 0 Å². The number of hydrogen-bond donors (Lipinski definition) is 2. The number of anilines is 2. The summed E-state index contributed by atoms with van der Waals surface area (Å²) in [5.74, 6) is -1.35. The van der Waals surface area contributed by atoms with Crippen LogP contribution in [0.3, 0.4) is 0 Å². The SMILES string of the molecule is C=CCNc1nc(C(=O)OC(C)C(=O)Nc2cccc([N+](=O)[O-])c2)cs1. The molecule has 2 N–H and O–H groups in total. The number of carbonyl (C=O) groups excluding carboxylic acids is 2. The maximum absolute atomic E-state index is 12.1. The molecule has 9 nitrogen and oxygen atoms in total. The first kappa shape index (κ1) is 19.1. The van der Waals surface area contributed by atoms with E-state index in [1.165, 1.54) is 47.9 Å². The van der Waals surface area contributed by atoms with Crippen LogP contribution in [0.5, 0.6) is 0 Å². The molecule has 0 fully saturated rings. The number of carbonyl (C=O) groups is 2. The first-order valence-electron chi connectivity index (χ1n) is 7.47. The number of nitrogens with zero attached hydrogens (tertiary/aromatic N) is 2. The van der Waals surface area contributed by atoms with Crippen molar-refractivity contribution in [3.63, 3.8) is 0 Å². The zero-order chi connectivity index (χ0) is 19.1. The third-order valence-corrected chi connectivity index (χ3v) is 3.89. The zero-order valence-electron chi connectivity index (χ0n) is 13.8. The fraction of sp³-hybridized carbons (Fsp3) is 0.188. The van der Waals surface area contributed by atoms with Gasteiger partial charge in [-0.3, -0.25) is 14.9 Å². The number of amides is 1. The van der Waals surface area contributed by atoms with Crippen molar-refractivity contribution in [2.45, 2.75) is 13.0 Å². The second-order valence-corrected chi connectivity index (χ2v) is 5.91. The molecule has 26 heavy (non-hydrogen) atoms. The van der Waals surface area contributed by atoms with Gasteiger partial charge in [0.2, 0.25) is 0 Å². The fourth-order valence-electron chi connectivity index (χ4n) is 1.82. The first-order valence-corrected chi connectivity index (χ1v) is 8.35. The monoisotopic (exact) mass is 376 g/mol. The Morgan fingerprint density at radius 1 is 1.50 bits per heavy atom. The van der Waals surface area contributed by atoms with Crippen LogP contribution in [0.25, 0.3) is 0 Å². The van der Waals surface area contributed by atoms with E-state index in [2.05, 4.69) is 22.2 Å². The van der Waals surface area contributed by atoms with Gasteiger partial charge in [0, 0.05) is 29.7 Å². The standard InChI is InChI=1S/C16H16N4O5S/c1-3-7-17-16-19-13(9-26-16)15(22)25-10(2)14(21)18-11-5-4-6-12(8-11)20(23)24/h3-6,8-10H,1,7H2,2H3,(H,17,19)(H,18,21). The number of thiazole rings is 1. The molecule has 1 aromatic carbocycles. The van der Waals surface area contributed by atoms with Crippen molar-refractivity contribution in [2.24, 2.45) is 0 Å². The van der Waals surface area contributed by atoms with Gasteiger partial charge in [-0.2, -0.15) is 0 Å². The van der Waals surface area contributed by atoms with Crippen LogP contribution in [0, 0.1) is 10.1 Å². The number of nitro benzene ring substituents is 1. The van der Waals surface area contributed by atoms with E-state index in [0.29, 0.717) is 11.7 Å². The average molecular weight is 376 g/mol. The Labute approximate surface area is 152 Å². The van der Waals surface area contributed by atoms with Crippen molar-refractivity contribution in [2.75, 3.05) is 17.2 Å². The molecule has 1 unspecified atom stereocenters. The van der Waals surface area contributed by atoms with E-state index in [-0.39, 0.29) is 17.1 Å². The van der Waals surface area contributed by atoms with Gasteiger partial charge >= 0.3 is 5.97 Å². The number of nitro groups is 1. The lowest BCUT2D eigenvalue weighted by atomic mass is 10.2. The summed E-state index contributed by atoms with van der Waals surface area (Å²) in [5, 5.41) is 18.2. The van der Waals surface area contributed by atoms with Crippen molar-refractivity contribution in [3.05, 3.63) is 58.1 Å². The molecule has 0 saturated heterocycles. The van der Waals surface area contributed by atoms with Crippen molar-refractivity contribution >= 4 is 39.7 Å². The molecule has 0 saturated carbocycles. The van der Waals surface area contributed by atoms with Gasteiger partial charge in [0.1, 0.15) is 0 Å². The minimum Gasteiger partial charge on any atom is -0.448 e. The number of ether oxygens (including phenoxy) is 1. The van der Waals surface area contributed by atoms with Crippen LogP contribution < -0.4 is 10.6 Å². The first-order chi connectivity index (χ1) is 12.4. The molecule has 0 bridgehead atoms. The van der Waals surface area contributed by atoms with Gasteiger partial charge in [0.15, 0.2) is 16.9 Å². The molecule has 0 aliphatic rings. The predicted octanol–water partition coefficient (Wildman–Crippen LogP) is 2.83. The van der Waals surface area contributed by atoms with Crippen molar-refractivity contribution in [1.82, 2.24) is 4.98 Å². The highest BCUT2D eigenvalue weighted by molar-refractivity contribution is 7.13. The molecule has 0 spiro atoms. The van der Waals surface area contributed by atoms with E-state index < -0.39 is 22.9 Å². The second kappa shape index (κ2) is 8.72. The van der Waals surface area contributed by atoms with Crippen LogP contribution in [-0.2, 0) is 9.53 Å². The third kappa shape index (κ3) is 5.11. The van der Waals surface area contributed by atoms with E-state index in [9.17, 15) is 19.7 Å². The van der Waals surface area contributed by atoms with E-state index in [1.54, 1.807) is 6.08 Å². The Balaban J connectivity index is 1.94. The lowest BCUT2D eigenvalue weighted by Crippen LogP contribution is -2.30. The Bertz CT molecular complexity index is 836. The van der Waals surface area contributed by atoms with Crippen molar-refractivity contribution < 1.29 is 19.2 Å². The average Bonchev–Trinajstić information content (AvgIpc) is 3.09. The molecule has 10 heteroatoms. The molecule has 1 aromatic heterocycles. The summed E-state index contributed by atoms with van der Waals surface area (Å²) in [5.41, 5.74) is 0.155. The lowest BCUT2D eigenvalue weighted by Gasteiger charge is -2.12. The van der Waals surface area contributed by atoms with Crippen molar-refractivity contribution in [1.29, 1.82) is 0 Å². The predicted molar refractivity (Wildman–Crippen MR) is 97.4 cm³/mol. The summed E-state index contributed by atoms with van der Waals surface area (Å²) in [4.78, 5) is 38.4. The molecule has 1 heterocycles. The van der Waals surface area contributed by atoms with Gasteiger partial charge in [-0.1, -0.05) is 12.1 Å². The van der Waals surface area contributed by atoms with Crippen LogP contribution in [0.1, 0.15) is 17.4 Å². The van der Waals surface area contributed by atoms with Gasteiger partial charge in [-0.05, 0) is 13.0 Å². The number of benzene rings is 1. The van der Waals surface area contributed by atoms with Crippen LogP contribution >= 0.6 is 11.3 Å². The Morgan fingerprint density at radius 2 is 2.27 bits per heavy atom. The molecule has 1 amide bonds. The van der Waals surface area contributed by atoms with Gasteiger partial charge in [0.25, 0.3) is 11.6 Å². The van der Waals surface area contributed by atoms with Crippen molar-refractivity contribution in [3.8, 4) is 0 Å². The van der Waals surface area contributed by atoms with Crippen LogP contribution in [0.2, 0.25) is 0 Å². The minimum absolute atomic E-state index is 0.0801. The smallest absolute Gasteiger partial charge is 0.358 e. The molecule has 0 radical (unpaired) electrons. The van der Waals surface area contributed by atoms with Gasteiger partial charge in [-0.15, -0.1) is 17.9 Å². The molecule has 0 aliphatic carbocycles. The van der Waals surface area contributed by atoms with E-state index in [0.717, 1.165) is 0 Å². The topological polar surface area (TPSA) is 123 Å². The highest BCUT2D eigenvalue weighted by Gasteiger charge is 2.21. The highest BCUT2D eigenvalue weighted by Crippen LogP contribution is 2.18. The third-order valence-electron chi connectivity index (χ3n) is 3.09. The maximum atomic E-state index is 12.1. The van der Waals surface area contributed by atoms with E-state index in [4.69, 9.17) is 4.74 Å². The summed E-state index contributed by atoms with van der Waals surface area (Å²) in [7, 11) is 0. The Hall–Kier alpha value is -3.27. The second-order valence-electron chi connectivity index (χ2n) is 5.05. The summed E-state index contributed by atoms with van der Waals surface area (Å²) < 4.78 is 5.08. The normalized spacial score (nSPS) is 11.3. The largest absolute Gasteiger partial charge is 0.448 e. The molecule has 1 atom stereocenters. The molecular formula is C16H16N4O5S. The Morgan fingerprint density at radius 3 is 2.96 bits per heavy atom. The van der Waals surface area contributed by atoms with Crippen LogP contribution in [0.4, 0.5) is 16.5 Å². The summed E-state index contributed by atoms with van der Waals surface area (Å²) in [6, 6.07) is 5.46. The lowest BCUT2D eigenvalue weighted by molar-refractivity contribution is -0.384. The summed E-state index contributed by atoms with van der Waals surface area (Å²) in [6.45, 7) is 5.47. The number of non-ortho nitro benzene ring substituents is 1. The summed E-state index contributed by atoms with van der Waals surface area (Å²) >= 11 is 1.22. The van der Waals surface area contributed by atoms with E-state index in [1.807, 2.05) is 0 Å². The number of hydrogen-bond acceptors (Lipinski definition) is 8. The van der Waals surface area contributed by atoms with Gasteiger partial charge < -0.3 is 15.4 Å². The molecular weight excluding hydrogens is 360 g/mol. The number of esters is 1. The molecule has 2 rings (SSSR count). The number of rotatable bonds is 8. The highest BCUT2D eigenvalue weighted by atomic mass is 32.1. The minimum atomic E-state index is -1.10. The van der Waals surface area contributed by atoms with Gasteiger partial charge in [-0.25, -0.2) is 9.78 Å². The quantitative estimate of drug-likeness (QED) is 0.314. The van der Waals surface area contributed by atoms with Crippen LogP contribution in [-0.4, -0.2) is 34.4 Å². The number of nitrogens with one attached hydrogen (secondary N) is 2. The molecule has 136 valence electrons. The molecule has 0 aliphatic heterocycles. The van der Waals surface area contributed by atoms with Gasteiger partial charge in [0.05, 0.1) is 4.92 Å².